The van der Waals surface area contributed by atoms with Crippen molar-refractivity contribution in [2.45, 2.75) is 19.1 Å². The van der Waals surface area contributed by atoms with Crippen molar-refractivity contribution in [1.29, 1.82) is 0 Å². The average Bonchev–Trinajstić information content (AvgIpc) is 2.92. The van der Waals surface area contributed by atoms with E-state index in [1.54, 1.807) is 24.3 Å². The van der Waals surface area contributed by atoms with Gasteiger partial charge in [-0.3, -0.25) is 4.79 Å². The first-order valence-corrected chi connectivity index (χ1v) is 7.98. The molecule has 130 valence electrons. The highest BCUT2D eigenvalue weighted by atomic mass is 35.5. The third-order valence-corrected chi connectivity index (χ3v) is 4.47. The zero-order valence-electron chi connectivity index (χ0n) is 12.6. The van der Waals surface area contributed by atoms with Crippen LogP contribution in [0.5, 0.6) is 0 Å². The topological polar surface area (TPSA) is 34.9 Å². The third kappa shape index (κ3) is 3.50. The van der Waals surface area contributed by atoms with Crippen molar-refractivity contribution in [3.8, 4) is 0 Å². The summed E-state index contributed by atoms with van der Waals surface area (Å²) >= 11 is 11.9. The van der Waals surface area contributed by atoms with Crippen molar-refractivity contribution in [3.05, 3.63) is 63.4 Å². The number of alkyl halides is 3. The highest BCUT2D eigenvalue weighted by Crippen LogP contribution is 2.33. The van der Waals surface area contributed by atoms with Gasteiger partial charge in [0.05, 0.1) is 21.1 Å². The minimum absolute atomic E-state index is 0.0933. The predicted octanol–water partition coefficient (Wildman–Crippen LogP) is 5.48. The molecule has 1 heterocycles. The van der Waals surface area contributed by atoms with Crippen LogP contribution in [0, 0.1) is 0 Å². The number of imidazole rings is 1. The van der Waals surface area contributed by atoms with Crippen LogP contribution in [-0.4, -0.2) is 22.3 Å². The lowest BCUT2D eigenvalue weighted by Gasteiger charge is -2.12. The molecule has 0 aliphatic rings. The van der Waals surface area contributed by atoms with Crippen LogP contribution in [-0.2, 0) is 6.54 Å². The van der Waals surface area contributed by atoms with Gasteiger partial charge >= 0.3 is 0 Å². The Morgan fingerprint density at radius 1 is 1.08 bits per heavy atom. The van der Waals surface area contributed by atoms with Crippen molar-refractivity contribution in [1.82, 2.24) is 9.55 Å². The fraction of sp³-hybridized carbons (Fsp3) is 0.176. The summed E-state index contributed by atoms with van der Waals surface area (Å²) in [5.41, 5.74) is 1.84. The monoisotopic (exact) mass is 386 g/mol. The molecule has 1 aromatic heterocycles. The molecule has 2 aromatic carbocycles. The van der Waals surface area contributed by atoms with Crippen molar-refractivity contribution in [3.63, 3.8) is 0 Å². The number of hydrogen-bond donors (Lipinski definition) is 0. The zero-order valence-corrected chi connectivity index (χ0v) is 14.1. The number of fused-ring (bicyclic) bond motifs is 1. The van der Waals surface area contributed by atoms with Gasteiger partial charge in [-0.15, -0.1) is 0 Å². The lowest BCUT2D eigenvalue weighted by atomic mass is 10.1. The van der Waals surface area contributed by atoms with E-state index in [9.17, 15) is 18.0 Å². The lowest BCUT2D eigenvalue weighted by Crippen LogP contribution is -2.12. The number of aldehydes is 1. The number of halogens is 5. The normalized spacial score (nSPS) is 12.7. The van der Waals surface area contributed by atoms with Crippen molar-refractivity contribution in [2.75, 3.05) is 0 Å². The van der Waals surface area contributed by atoms with Crippen LogP contribution in [0.15, 0.2) is 36.4 Å². The predicted molar refractivity (Wildman–Crippen MR) is 90.5 cm³/mol. The van der Waals surface area contributed by atoms with Gasteiger partial charge in [0, 0.05) is 12.1 Å². The summed E-state index contributed by atoms with van der Waals surface area (Å²) in [6, 6.07) is 9.37. The Labute approximate surface area is 151 Å². The summed E-state index contributed by atoms with van der Waals surface area (Å²) in [6.45, 7) is 0.0933. The van der Waals surface area contributed by atoms with Gasteiger partial charge in [0.25, 0.3) is 6.43 Å². The number of carbonyl (C=O) groups excluding carboxylic acids is 1. The molecule has 0 saturated heterocycles. The van der Waals surface area contributed by atoms with Crippen LogP contribution in [0.4, 0.5) is 13.2 Å². The maximum atomic E-state index is 14.0. The highest BCUT2D eigenvalue weighted by molar-refractivity contribution is 6.42. The van der Waals surface area contributed by atoms with Crippen LogP contribution in [0.1, 0.15) is 27.9 Å². The van der Waals surface area contributed by atoms with E-state index < -0.39 is 18.4 Å². The Morgan fingerprint density at radius 3 is 2.32 bits per heavy atom. The Balaban J connectivity index is 2.13. The van der Waals surface area contributed by atoms with Crippen LogP contribution in [0.25, 0.3) is 11.0 Å². The molecule has 0 fully saturated rings. The van der Waals surface area contributed by atoms with E-state index in [2.05, 4.69) is 4.98 Å². The average molecular weight is 387 g/mol. The largest absolute Gasteiger partial charge is 0.321 e. The smallest absolute Gasteiger partial charge is 0.276 e. The van der Waals surface area contributed by atoms with Crippen molar-refractivity contribution >= 4 is 40.5 Å². The summed E-state index contributed by atoms with van der Waals surface area (Å²) in [6.07, 6.45) is -5.06. The highest BCUT2D eigenvalue weighted by Gasteiger charge is 2.28. The fourth-order valence-corrected chi connectivity index (χ4v) is 2.83. The molecule has 0 aliphatic heterocycles. The fourth-order valence-electron chi connectivity index (χ4n) is 2.51. The molecule has 1 atom stereocenters. The van der Waals surface area contributed by atoms with Gasteiger partial charge in [-0.1, -0.05) is 47.5 Å². The number of hydrogen-bond acceptors (Lipinski definition) is 2. The van der Waals surface area contributed by atoms with Gasteiger partial charge in [-0.05, 0) is 17.7 Å². The van der Waals surface area contributed by atoms with Crippen LogP contribution in [0.2, 0.25) is 10.0 Å². The number of rotatable bonds is 5. The molecule has 1 unspecified atom stereocenters. The zero-order chi connectivity index (χ0) is 18.1. The maximum absolute atomic E-state index is 14.0. The van der Waals surface area contributed by atoms with E-state index in [1.165, 1.54) is 16.7 Å². The van der Waals surface area contributed by atoms with E-state index in [0.717, 1.165) is 0 Å². The van der Waals surface area contributed by atoms with E-state index in [4.69, 9.17) is 23.2 Å². The SMILES string of the molecule is O=Cc1ccc(Cn2c(C(F)C(F)F)nc3cc(Cl)c(Cl)cc32)cc1. The first-order chi connectivity index (χ1) is 11.9. The molecule has 25 heavy (non-hydrogen) atoms. The van der Waals surface area contributed by atoms with Gasteiger partial charge in [0.2, 0.25) is 6.17 Å². The Morgan fingerprint density at radius 2 is 1.72 bits per heavy atom. The molecule has 3 rings (SSSR count). The van der Waals surface area contributed by atoms with E-state index in [-0.39, 0.29) is 22.1 Å². The molecule has 0 spiro atoms. The molecule has 0 N–H and O–H groups in total. The second kappa shape index (κ2) is 7.06. The lowest BCUT2D eigenvalue weighted by molar-refractivity contribution is 0.0433. The van der Waals surface area contributed by atoms with Crippen LogP contribution in [0.3, 0.4) is 0 Å². The van der Waals surface area contributed by atoms with Crippen molar-refractivity contribution in [2.24, 2.45) is 0 Å². The number of carbonyl (C=O) groups is 1. The van der Waals surface area contributed by atoms with E-state index in [0.29, 0.717) is 22.9 Å². The summed E-state index contributed by atoms with van der Waals surface area (Å²) in [5.74, 6) is -0.400. The van der Waals surface area contributed by atoms with E-state index in [1.807, 2.05) is 0 Å². The summed E-state index contributed by atoms with van der Waals surface area (Å²) in [5, 5.41) is 0.416. The molecular formula is C17H11Cl2F3N2O. The first kappa shape index (κ1) is 17.8. The maximum Gasteiger partial charge on any atom is 0.276 e. The molecule has 3 aromatic rings. The van der Waals surface area contributed by atoms with Crippen LogP contribution < -0.4 is 0 Å². The third-order valence-electron chi connectivity index (χ3n) is 3.74. The minimum Gasteiger partial charge on any atom is -0.321 e. The quantitative estimate of drug-likeness (QED) is 0.544. The number of aromatic nitrogens is 2. The molecule has 0 bridgehead atoms. The molecular weight excluding hydrogens is 376 g/mol. The summed E-state index contributed by atoms with van der Waals surface area (Å²) in [7, 11) is 0. The number of nitrogens with zero attached hydrogens (tertiary/aromatic N) is 2. The van der Waals surface area contributed by atoms with Gasteiger partial charge < -0.3 is 4.57 Å². The number of benzene rings is 2. The van der Waals surface area contributed by atoms with E-state index >= 15 is 0 Å². The van der Waals surface area contributed by atoms with Crippen molar-refractivity contribution < 1.29 is 18.0 Å². The Kier molecular flexibility index (Phi) is 5.01. The van der Waals surface area contributed by atoms with Gasteiger partial charge in [0.1, 0.15) is 6.29 Å². The molecule has 3 nitrogen and oxygen atoms in total. The summed E-state index contributed by atoms with van der Waals surface area (Å²) < 4.78 is 41.2. The van der Waals surface area contributed by atoms with Gasteiger partial charge in [0.15, 0.2) is 5.82 Å². The molecule has 0 saturated carbocycles. The standard InChI is InChI=1S/C17H11Cl2F3N2O/c18-11-5-13-14(6-12(11)19)24(17(23-13)15(20)16(21)22)7-9-1-3-10(8-25)4-2-9/h1-6,8,15-16H,7H2. The van der Waals surface area contributed by atoms with Gasteiger partial charge in [-0.25, -0.2) is 18.2 Å². The Hall–Kier alpha value is -2.05. The summed E-state index contributed by atoms with van der Waals surface area (Å²) in [4.78, 5) is 14.7. The second-order valence-electron chi connectivity index (χ2n) is 5.41. The molecule has 0 amide bonds. The first-order valence-electron chi connectivity index (χ1n) is 7.22. The Bertz CT molecular complexity index is 926. The van der Waals surface area contributed by atoms with Crippen LogP contribution >= 0.6 is 23.2 Å². The molecule has 0 radical (unpaired) electrons. The molecule has 8 heteroatoms. The second-order valence-corrected chi connectivity index (χ2v) is 6.22. The minimum atomic E-state index is -3.21. The molecule has 0 aliphatic carbocycles. The van der Waals surface area contributed by atoms with Gasteiger partial charge in [-0.2, -0.15) is 0 Å².